The number of ether oxygens (including phenoxy) is 1. The number of hydrogen-bond acceptors (Lipinski definition) is 6. The second-order valence-corrected chi connectivity index (χ2v) is 9.49. The van der Waals surface area contributed by atoms with E-state index in [9.17, 15) is 13.2 Å². The average Bonchev–Trinajstić information content (AvgIpc) is 3.22. The van der Waals surface area contributed by atoms with Crippen molar-refractivity contribution in [1.82, 2.24) is 9.29 Å². The van der Waals surface area contributed by atoms with E-state index in [0.29, 0.717) is 18.8 Å². The van der Waals surface area contributed by atoms with E-state index in [0.717, 1.165) is 10.6 Å². The predicted octanol–water partition coefficient (Wildman–Crippen LogP) is 4.85. The van der Waals surface area contributed by atoms with E-state index < -0.39 is 16.0 Å². The van der Waals surface area contributed by atoms with E-state index in [-0.39, 0.29) is 22.1 Å². The predicted molar refractivity (Wildman–Crippen MR) is 118 cm³/mol. The van der Waals surface area contributed by atoms with E-state index in [1.165, 1.54) is 33.8 Å². The standard InChI is InChI=1S/C21H21ClN2O4S2/c1-3-24(4-2)30(26,27)19-12-16(10-11-18(19)22)21(25)28-13-17-14-29-20(23-17)15-8-6-5-7-9-15/h5-12,14H,3-4,13H2,1-2H3. The molecule has 0 unspecified atom stereocenters. The molecule has 0 atom stereocenters. The van der Waals surface area contributed by atoms with Crippen molar-refractivity contribution in [3.05, 3.63) is 70.2 Å². The molecule has 1 heterocycles. The van der Waals surface area contributed by atoms with Crippen molar-refractivity contribution in [3.63, 3.8) is 0 Å². The number of thiazole rings is 1. The molecule has 0 amide bonds. The van der Waals surface area contributed by atoms with E-state index >= 15 is 0 Å². The Hall–Kier alpha value is -2.26. The molecule has 158 valence electrons. The third-order valence-electron chi connectivity index (χ3n) is 4.41. The number of rotatable bonds is 8. The zero-order valence-electron chi connectivity index (χ0n) is 16.5. The third kappa shape index (κ3) is 4.89. The molecule has 0 aliphatic carbocycles. The van der Waals surface area contributed by atoms with E-state index in [1.807, 2.05) is 35.7 Å². The van der Waals surface area contributed by atoms with Crippen molar-refractivity contribution in [3.8, 4) is 10.6 Å². The van der Waals surface area contributed by atoms with Crippen LogP contribution in [-0.2, 0) is 21.4 Å². The summed E-state index contributed by atoms with van der Waals surface area (Å²) in [7, 11) is -3.80. The third-order valence-corrected chi connectivity index (χ3v) is 7.89. The monoisotopic (exact) mass is 464 g/mol. The van der Waals surface area contributed by atoms with Gasteiger partial charge >= 0.3 is 5.97 Å². The van der Waals surface area contributed by atoms with Gasteiger partial charge in [0.05, 0.1) is 16.3 Å². The van der Waals surface area contributed by atoms with Crippen LogP contribution < -0.4 is 0 Å². The van der Waals surface area contributed by atoms with Gasteiger partial charge in [0.1, 0.15) is 16.5 Å². The van der Waals surface area contributed by atoms with Gasteiger partial charge < -0.3 is 4.74 Å². The van der Waals surface area contributed by atoms with Crippen LogP contribution >= 0.6 is 22.9 Å². The van der Waals surface area contributed by atoms with Crippen LogP contribution in [0.25, 0.3) is 10.6 Å². The van der Waals surface area contributed by atoms with Crippen LogP contribution in [0, 0.1) is 0 Å². The Morgan fingerprint density at radius 3 is 2.50 bits per heavy atom. The van der Waals surface area contributed by atoms with Gasteiger partial charge in [-0.05, 0) is 18.2 Å². The molecule has 0 saturated heterocycles. The van der Waals surface area contributed by atoms with Gasteiger partial charge in [-0.1, -0.05) is 55.8 Å². The molecule has 30 heavy (non-hydrogen) atoms. The first-order valence-corrected chi connectivity index (χ1v) is 12.0. The minimum atomic E-state index is -3.80. The van der Waals surface area contributed by atoms with Crippen LogP contribution in [0.4, 0.5) is 0 Å². The average molecular weight is 465 g/mol. The van der Waals surface area contributed by atoms with Crippen LogP contribution in [0.2, 0.25) is 5.02 Å². The maximum atomic E-state index is 12.8. The molecule has 2 aromatic carbocycles. The fourth-order valence-electron chi connectivity index (χ4n) is 2.84. The van der Waals surface area contributed by atoms with Gasteiger partial charge in [-0.3, -0.25) is 0 Å². The van der Waals surface area contributed by atoms with Crippen molar-refractivity contribution in [2.45, 2.75) is 25.3 Å². The lowest BCUT2D eigenvalue weighted by molar-refractivity contribution is 0.0468. The van der Waals surface area contributed by atoms with Crippen molar-refractivity contribution < 1.29 is 17.9 Å². The molecule has 0 N–H and O–H groups in total. The topological polar surface area (TPSA) is 76.6 Å². The maximum absolute atomic E-state index is 12.8. The molecule has 1 aromatic heterocycles. The van der Waals surface area contributed by atoms with E-state index in [2.05, 4.69) is 4.98 Å². The van der Waals surface area contributed by atoms with Gasteiger partial charge in [-0.2, -0.15) is 4.31 Å². The molecule has 0 radical (unpaired) electrons. The van der Waals surface area contributed by atoms with Crippen LogP contribution in [0.5, 0.6) is 0 Å². The van der Waals surface area contributed by atoms with Crippen molar-refractivity contribution in [2.75, 3.05) is 13.1 Å². The minimum Gasteiger partial charge on any atom is -0.456 e. The molecule has 0 aliphatic rings. The summed E-state index contributed by atoms with van der Waals surface area (Å²) < 4.78 is 32.2. The van der Waals surface area contributed by atoms with E-state index in [4.69, 9.17) is 16.3 Å². The molecule has 0 spiro atoms. The first-order chi connectivity index (χ1) is 14.4. The Balaban J connectivity index is 1.74. The second kappa shape index (κ2) is 9.70. The minimum absolute atomic E-state index is 0.0110. The lowest BCUT2D eigenvalue weighted by Gasteiger charge is -2.19. The first-order valence-electron chi connectivity index (χ1n) is 9.33. The fourth-order valence-corrected chi connectivity index (χ4v) is 5.61. The summed E-state index contributed by atoms with van der Waals surface area (Å²) in [4.78, 5) is 16.9. The zero-order chi connectivity index (χ0) is 21.7. The number of carbonyl (C=O) groups is 1. The number of aromatic nitrogens is 1. The number of sulfonamides is 1. The summed E-state index contributed by atoms with van der Waals surface area (Å²) in [6, 6.07) is 13.8. The summed E-state index contributed by atoms with van der Waals surface area (Å²) in [5.74, 6) is -0.642. The van der Waals surface area contributed by atoms with Crippen LogP contribution in [0.15, 0.2) is 58.8 Å². The van der Waals surface area contributed by atoms with Crippen molar-refractivity contribution in [1.29, 1.82) is 0 Å². The van der Waals surface area contributed by atoms with Crippen LogP contribution in [0.1, 0.15) is 29.9 Å². The van der Waals surface area contributed by atoms with Gasteiger partial charge in [0.2, 0.25) is 10.0 Å². The van der Waals surface area contributed by atoms with E-state index in [1.54, 1.807) is 13.8 Å². The number of hydrogen-bond donors (Lipinski definition) is 0. The fraction of sp³-hybridized carbons (Fsp3) is 0.238. The maximum Gasteiger partial charge on any atom is 0.338 e. The highest BCUT2D eigenvalue weighted by molar-refractivity contribution is 7.89. The molecule has 9 heteroatoms. The van der Waals surface area contributed by atoms with Gasteiger partial charge in [0.25, 0.3) is 0 Å². The molecule has 6 nitrogen and oxygen atoms in total. The molecule has 0 fully saturated rings. The largest absolute Gasteiger partial charge is 0.456 e. The molecule has 0 bridgehead atoms. The van der Waals surface area contributed by atoms with Gasteiger partial charge in [-0.15, -0.1) is 11.3 Å². The highest BCUT2D eigenvalue weighted by atomic mass is 35.5. The SMILES string of the molecule is CCN(CC)S(=O)(=O)c1cc(C(=O)OCc2csc(-c3ccccc3)n2)ccc1Cl. The van der Waals surface area contributed by atoms with Crippen molar-refractivity contribution in [2.24, 2.45) is 0 Å². The Labute approximate surface area is 185 Å². The number of benzene rings is 2. The normalized spacial score (nSPS) is 11.6. The number of nitrogens with zero attached hydrogens (tertiary/aromatic N) is 2. The van der Waals surface area contributed by atoms with Crippen LogP contribution in [0.3, 0.4) is 0 Å². The highest BCUT2D eigenvalue weighted by Crippen LogP contribution is 2.27. The number of halogens is 1. The molecular formula is C21H21ClN2O4S2. The number of carbonyl (C=O) groups excluding carboxylic acids is 1. The Kier molecular flexibility index (Phi) is 7.25. The lowest BCUT2D eigenvalue weighted by Crippen LogP contribution is -2.31. The Bertz CT molecular complexity index is 1130. The Morgan fingerprint density at radius 1 is 1.13 bits per heavy atom. The highest BCUT2D eigenvalue weighted by Gasteiger charge is 2.26. The molecule has 0 aliphatic heterocycles. The zero-order valence-corrected chi connectivity index (χ0v) is 18.9. The summed E-state index contributed by atoms with van der Waals surface area (Å²) in [5.41, 5.74) is 1.73. The molecule has 3 rings (SSSR count). The summed E-state index contributed by atoms with van der Waals surface area (Å²) in [6.45, 7) is 4.08. The van der Waals surface area contributed by atoms with Crippen molar-refractivity contribution >= 4 is 38.9 Å². The second-order valence-electron chi connectivity index (χ2n) is 6.32. The molecule has 0 saturated carbocycles. The quantitative estimate of drug-likeness (QED) is 0.445. The summed E-state index contributed by atoms with van der Waals surface area (Å²) >= 11 is 7.57. The molecule has 3 aromatic rings. The summed E-state index contributed by atoms with van der Waals surface area (Å²) in [5, 5.41) is 2.72. The Morgan fingerprint density at radius 2 is 1.83 bits per heavy atom. The van der Waals surface area contributed by atoms with Crippen LogP contribution in [-0.4, -0.2) is 36.8 Å². The summed E-state index contributed by atoms with van der Waals surface area (Å²) in [6.07, 6.45) is 0. The van der Waals surface area contributed by atoms with Gasteiger partial charge in [-0.25, -0.2) is 18.2 Å². The van der Waals surface area contributed by atoms with Gasteiger partial charge in [0.15, 0.2) is 0 Å². The number of esters is 1. The lowest BCUT2D eigenvalue weighted by atomic mass is 10.2. The smallest absolute Gasteiger partial charge is 0.338 e. The first kappa shape index (κ1) is 22.4. The van der Waals surface area contributed by atoms with Gasteiger partial charge in [0, 0.05) is 24.0 Å². The molecular weight excluding hydrogens is 444 g/mol.